The average Bonchev–Trinajstić information content (AvgIpc) is 3.26. The highest BCUT2D eigenvalue weighted by Gasteiger charge is 2.38. The number of oxazole rings is 1. The fourth-order valence-corrected chi connectivity index (χ4v) is 4.01. The van der Waals surface area contributed by atoms with E-state index in [1.54, 1.807) is 4.90 Å². The standard InChI is InChI=1S/C19H27N5O2.C2HF3O2/c1-12-7-14(8-12)22(3)19(25)18-20-16-11-24(6-5-17(16)26-18)10-15-9-13(2)21-23(15)4;3-2(4,5)1(6)7/h9,12,14H,5-8,10-11H2,1-4H3;(H,6,7). The minimum Gasteiger partial charge on any atom is -0.475 e. The van der Waals surface area contributed by atoms with E-state index in [9.17, 15) is 18.0 Å². The van der Waals surface area contributed by atoms with Gasteiger partial charge in [0, 0.05) is 46.2 Å². The zero-order chi connectivity index (χ0) is 24.5. The van der Waals surface area contributed by atoms with Gasteiger partial charge in [-0.1, -0.05) is 6.92 Å². The van der Waals surface area contributed by atoms with Crippen LogP contribution in [0.25, 0.3) is 0 Å². The fourth-order valence-electron chi connectivity index (χ4n) is 4.01. The number of fused-ring (bicyclic) bond motifs is 1. The van der Waals surface area contributed by atoms with Gasteiger partial charge in [0.1, 0.15) is 5.76 Å². The summed E-state index contributed by atoms with van der Waals surface area (Å²) >= 11 is 0. The molecule has 0 saturated heterocycles. The first-order valence-corrected chi connectivity index (χ1v) is 10.6. The van der Waals surface area contributed by atoms with E-state index in [0.717, 1.165) is 49.5 Å². The van der Waals surface area contributed by atoms with Crippen LogP contribution < -0.4 is 0 Å². The van der Waals surface area contributed by atoms with Gasteiger partial charge in [-0.25, -0.2) is 9.78 Å². The Balaban J connectivity index is 0.000000383. The molecule has 33 heavy (non-hydrogen) atoms. The maximum atomic E-state index is 12.7. The zero-order valence-corrected chi connectivity index (χ0v) is 19.0. The van der Waals surface area contributed by atoms with E-state index in [0.29, 0.717) is 18.5 Å². The third kappa shape index (κ3) is 5.92. The second-order valence-corrected chi connectivity index (χ2v) is 8.70. The lowest BCUT2D eigenvalue weighted by Crippen LogP contribution is -2.44. The minimum atomic E-state index is -5.08. The Morgan fingerprint density at radius 2 is 1.97 bits per heavy atom. The number of carboxylic acid groups (broad SMARTS) is 1. The molecular formula is C21H28F3N5O4. The molecule has 3 heterocycles. The van der Waals surface area contributed by atoms with Gasteiger partial charge in [0.05, 0.1) is 17.1 Å². The summed E-state index contributed by atoms with van der Waals surface area (Å²) in [5.41, 5.74) is 3.11. The predicted molar refractivity (Wildman–Crippen MR) is 110 cm³/mol. The number of hydrogen-bond acceptors (Lipinski definition) is 6. The molecule has 0 atom stereocenters. The number of hydrogen-bond donors (Lipinski definition) is 1. The second kappa shape index (κ2) is 9.54. The topological polar surface area (TPSA) is 105 Å². The van der Waals surface area contributed by atoms with Crippen LogP contribution in [0.3, 0.4) is 0 Å². The van der Waals surface area contributed by atoms with Crippen LogP contribution >= 0.6 is 0 Å². The number of aliphatic carboxylic acids is 1. The average molecular weight is 471 g/mol. The number of carbonyl (C=O) groups excluding carboxylic acids is 1. The number of nitrogens with zero attached hydrogens (tertiary/aromatic N) is 5. The van der Waals surface area contributed by atoms with E-state index in [1.807, 2.05) is 25.7 Å². The lowest BCUT2D eigenvalue weighted by molar-refractivity contribution is -0.192. The molecule has 0 radical (unpaired) electrons. The number of carbonyl (C=O) groups is 2. The summed E-state index contributed by atoms with van der Waals surface area (Å²) in [5, 5.41) is 11.5. The summed E-state index contributed by atoms with van der Waals surface area (Å²) in [6, 6.07) is 2.44. The number of carboxylic acids is 1. The van der Waals surface area contributed by atoms with Gasteiger partial charge in [0.25, 0.3) is 5.89 Å². The lowest BCUT2D eigenvalue weighted by atomic mass is 9.81. The summed E-state index contributed by atoms with van der Waals surface area (Å²) in [6.07, 6.45) is -2.16. The number of alkyl halides is 3. The van der Waals surface area contributed by atoms with Crippen molar-refractivity contribution < 1.29 is 32.3 Å². The normalized spacial score (nSPS) is 20.3. The van der Waals surface area contributed by atoms with Crippen LogP contribution in [0, 0.1) is 12.8 Å². The van der Waals surface area contributed by atoms with Crippen LogP contribution in [0.4, 0.5) is 13.2 Å². The van der Waals surface area contributed by atoms with E-state index in [1.165, 1.54) is 5.69 Å². The minimum absolute atomic E-state index is 0.0925. The molecule has 1 aliphatic heterocycles. The van der Waals surface area contributed by atoms with Crippen molar-refractivity contribution in [1.29, 1.82) is 0 Å². The number of aromatic nitrogens is 3. The molecule has 9 nitrogen and oxygen atoms in total. The van der Waals surface area contributed by atoms with E-state index in [2.05, 4.69) is 28.0 Å². The van der Waals surface area contributed by atoms with Crippen LogP contribution in [-0.4, -0.2) is 67.4 Å². The number of halogens is 3. The van der Waals surface area contributed by atoms with E-state index in [-0.39, 0.29) is 11.8 Å². The SMILES string of the molecule is Cc1cc(CN2CCc3oc(C(=O)N(C)C4CC(C)C4)nc3C2)n(C)n1.O=C(O)C(F)(F)F. The van der Waals surface area contributed by atoms with Crippen molar-refractivity contribution in [2.45, 2.75) is 58.4 Å². The molecule has 0 unspecified atom stereocenters. The van der Waals surface area contributed by atoms with Crippen LogP contribution in [0.5, 0.6) is 0 Å². The molecule has 1 saturated carbocycles. The summed E-state index contributed by atoms with van der Waals surface area (Å²) in [4.78, 5) is 30.2. The Bertz CT molecular complexity index is 1010. The quantitative estimate of drug-likeness (QED) is 0.731. The second-order valence-electron chi connectivity index (χ2n) is 8.70. The monoisotopic (exact) mass is 471 g/mol. The van der Waals surface area contributed by atoms with Crippen molar-refractivity contribution >= 4 is 11.9 Å². The molecule has 2 aromatic heterocycles. The summed E-state index contributed by atoms with van der Waals surface area (Å²) < 4.78 is 39.5. The Kier molecular flexibility index (Phi) is 7.15. The summed E-state index contributed by atoms with van der Waals surface area (Å²) in [5.74, 6) is -1.04. The number of aryl methyl sites for hydroxylation is 2. The molecular weight excluding hydrogens is 443 g/mol. The molecule has 0 aromatic carbocycles. The first-order valence-electron chi connectivity index (χ1n) is 10.6. The van der Waals surface area contributed by atoms with Gasteiger partial charge < -0.3 is 14.4 Å². The Labute approximate surface area is 189 Å². The van der Waals surface area contributed by atoms with Crippen LogP contribution in [0.1, 0.15) is 53.3 Å². The fraction of sp³-hybridized carbons (Fsp3) is 0.619. The van der Waals surface area contributed by atoms with Crippen LogP contribution in [0.15, 0.2) is 10.5 Å². The van der Waals surface area contributed by atoms with Crippen LogP contribution in [-0.2, 0) is 31.4 Å². The van der Waals surface area contributed by atoms with Crippen molar-refractivity contribution in [3.8, 4) is 0 Å². The molecule has 1 fully saturated rings. The van der Waals surface area contributed by atoms with E-state index >= 15 is 0 Å². The van der Waals surface area contributed by atoms with Crippen molar-refractivity contribution in [1.82, 2.24) is 24.6 Å². The summed E-state index contributed by atoms with van der Waals surface area (Å²) in [7, 11) is 3.83. The molecule has 2 aromatic rings. The maximum absolute atomic E-state index is 12.7. The van der Waals surface area contributed by atoms with Gasteiger partial charge >= 0.3 is 18.1 Å². The molecule has 1 N–H and O–H groups in total. The highest BCUT2D eigenvalue weighted by atomic mass is 19.4. The van der Waals surface area contributed by atoms with Gasteiger partial charge in [-0.15, -0.1) is 0 Å². The first kappa shape index (κ1) is 24.7. The number of rotatable bonds is 4. The predicted octanol–water partition coefficient (Wildman–Crippen LogP) is 2.78. The van der Waals surface area contributed by atoms with E-state index < -0.39 is 12.1 Å². The molecule has 2 aliphatic rings. The molecule has 0 spiro atoms. The van der Waals surface area contributed by atoms with Gasteiger partial charge in [0.15, 0.2) is 0 Å². The van der Waals surface area contributed by atoms with E-state index in [4.69, 9.17) is 14.3 Å². The van der Waals surface area contributed by atoms with Crippen LogP contribution in [0.2, 0.25) is 0 Å². The molecule has 1 aliphatic carbocycles. The molecule has 12 heteroatoms. The molecule has 4 rings (SSSR count). The maximum Gasteiger partial charge on any atom is 0.490 e. The van der Waals surface area contributed by atoms with Crippen molar-refractivity contribution in [3.05, 3.63) is 34.8 Å². The molecule has 0 bridgehead atoms. The Hall–Kier alpha value is -2.89. The zero-order valence-electron chi connectivity index (χ0n) is 19.0. The third-order valence-corrected chi connectivity index (χ3v) is 5.93. The highest BCUT2D eigenvalue weighted by molar-refractivity contribution is 5.89. The lowest BCUT2D eigenvalue weighted by Gasteiger charge is -2.38. The summed E-state index contributed by atoms with van der Waals surface area (Å²) in [6.45, 7) is 6.66. The number of amides is 1. The molecule has 1 amide bonds. The Morgan fingerprint density at radius 3 is 2.48 bits per heavy atom. The van der Waals surface area contributed by atoms with Crippen molar-refractivity contribution in [3.63, 3.8) is 0 Å². The largest absolute Gasteiger partial charge is 0.490 e. The molecule has 182 valence electrons. The smallest absolute Gasteiger partial charge is 0.475 e. The Morgan fingerprint density at radius 1 is 1.33 bits per heavy atom. The highest BCUT2D eigenvalue weighted by Crippen LogP contribution is 2.31. The van der Waals surface area contributed by atoms with Gasteiger partial charge in [0.2, 0.25) is 0 Å². The van der Waals surface area contributed by atoms with Crippen molar-refractivity contribution in [2.24, 2.45) is 13.0 Å². The third-order valence-electron chi connectivity index (χ3n) is 5.93. The van der Waals surface area contributed by atoms with Gasteiger partial charge in [-0.3, -0.25) is 14.4 Å². The van der Waals surface area contributed by atoms with Gasteiger partial charge in [-0.05, 0) is 31.7 Å². The first-order chi connectivity index (χ1) is 15.3. The van der Waals surface area contributed by atoms with Crippen molar-refractivity contribution in [2.75, 3.05) is 13.6 Å². The van der Waals surface area contributed by atoms with Gasteiger partial charge in [-0.2, -0.15) is 18.3 Å².